The summed E-state index contributed by atoms with van der Waals surface area (Å²) in [5.41, 5.74) is 1.79. The number of hydrogen-bond acceptors (Lipinski definition) is 5. The number of benzene rings is 2. The molecule has 0 aliphatic rings. The van der Waals surface area contributed by atoms with Gasteiger partial charge in [-0.2, -0.15) is 0 Å². The van der Waals surface area contributed by atoms with E-state index >= 15 is 0 Å². The normalized spacial score (nSPS) is 10.4. The number of para-hydroxylation sites is 1. The highest BCUT2D eigenvalue weighted by Gasteiger charge is 2.16. The Labute approximate surface area is 178 Å². The van der Waals surface area contributed by atoms with Gasteiger partial charge in [-0.05, 0) is 37.3 Å². The van der Waals surface area contributed by atoms with Gasteiger partial charge in [-0.15, -0.1) is 11.3 Å². The van der Waals surface area contributed by atoms with Gasteiger partial charge in [0.1, 0.15) is 12.4 Å². The van der Waals surface area contributed by atoms with Gasteiger partial charge in [-0.1, -0.05) is 29.8 Å². The summed E-state index contributed by atoms with van der Waals surface area (Å²) < 4.78 is 5.73. The van der Waals surface area contributed by atoms with Crippen LogP contribution in [-0.2, 0) is 11.4 Å². The number of rotatable bonds is 7. The molecule has 0 aliphatic heterocycles. The summed E-state index contributed by atoms with van der Waals surface area (Å²) in [5.74, 6) is -0.0510. The number of aryl methyl sites for hydroxylation is 1. The number of ether oxygens (including phenoxy) is 1. The maximum atomic E-state index is 12.7. The second-order valence-corrected chi connectivity index (χ2v) is 7.83. The van der Waals surface area contributed by atoms with E-state index in [1.807, 2.05) is 12.3 Å². The van der Waals surface area contributed by atoms with Crippen LogP contribution in [0.3, 0.4) is 0 Å². The lowest BCUT2D eigenvalue weighted by Gasteiger charge is -2.17. The first-order chi connectivity index (χ1) is 13.9. The zero-order valence-electron chi connectivity index (χ0n) is 16.0. The number of carbonyl (C=O) groups is 2. The fraction of sp³-hybridized carbons (Fsp3) is 0.190. The molecule has 1 heterocycles. The smallest absolute Gasteiger partial charge is 0.254 e. The van der Waals surface area contributed by atoms with Crippen molar-refractivity contribution in [3.63, 3.8) is 0 Å². The quantitative estimate of drug-likeness (QED) is 0.604. The Hall–Kier alpha value is -2.90. The molecule has 8 heteroatoms. The van der Waals surface area contributed by atoms with E-state index < -0.39 is 0 Å². The minimum Gasteiger partial charge on any atom is -0.487 e. The average Bonchev–Trinajstić information content (AvgIpc) is 3.13. The van der Waals surface area contributed by atoms with E-state index in [-0.39, 0.29) is 18.4 Å². The lowest BCUT2D eigenvalue weighted by Crippen LogP contribution is -2.35. The van der Waals surface area contributed by atoms with E-state index in [4.69, 9.17) is 16.3 Å². The molecule has 0 radical (unpaired) electrons. The first-order valence-corrected chi connectivity index (χ1v) is 10.1. The Morgan fingerprint density at radius 2 is 2.00 bits per heavy atom. The average molecular weight is 430 g/mol. The zero-order valence-corrected chi connectivity index (χ0v) is 17.6. The van der Waals surface area contributed by atoms with Gasteiger partial charge in [0, 0.05) is 18.0 Å². The molecule has 0 unspecified atom stereocenters. The van der Waals surface area contributed by atoms with Gasteiger partial charge in [0.2, 0.25) is 5.91 Å². The molecule has 0 fully saturated rings. The van der Waals surface area contributed by atoms with Gasteiger partial charge < -0.3 is 15.0 Å². The topological polar surface area (TPSA) is 71.5 Å². The van der Waals surface area contributed by atoms with Crippen molar-refractivity contribution in [2.75, 3.05) is 18.9 Å². The van der Waals surface area contributed by atoms with Crippen LogP contribution < -0.4 is 10.1 Å². The second-order valence-electron chi connectivity index (χ2n) is 6.36. The number of anilines is 1. The Balaban J connectivity index is 1.58. The van der Waals surface area contributed by atoms with Crippen molar-refractivity contribution in [2.45, 2.75) is 13.5 Å². The molecule has 3 aromatic rings. The summed E-state index contributed by atoms with van der Waals surface area (Å²) in [6.07, 6.45) is 0. The van der Waals surface area contributed by atoms with Gasteiger partial charge in [-0.3, -0.25) is 9.59 Å². The molecule has 29 heavy (non-hydrogen) atoms. The van der Waals surface area contributed by atoms with Gasteiger partial charge in [0.15, 0.2) is 0 Å². The Morgan fingerprint density at radius 3 is 2.72 bits per heavy atom. The van der Waals surface area contributed by atoms with Crippen LogP contribution in [0.4, 0.5) is 5.69 Å². The summed E-state index contributed by atoms with van der Waals surface area (Å²) in [6, 6.07) is 13.8. The fourth-order valence-electron chi connectivity index (χ4n) is 2.61. The Kier molecular flexibility index (Phi) is 6.85. The number of nitrogens with one attached hydrogen (secondary N) is 1. The molecule has 2 aromatic carbocycles. The van der Waals surface area contributed by atoms with Gasteiger partial charge in [0.05, 0.1) is 28.0 Å². The van der Waals surface area contributed by atoms with E-state index in [1.165, 1.54) is 4.90 Å². The Bertz CT molecular complexity index is 1020. The van der Waals surface area contributed by atoms with Gasteiger partial charge >= 0.3 is 0 Å². The summed E-state index contributed by atoms with van der Waals surface area (Å²) in [4.78, 5) is 30.6. The minimum absolute atomic E-state index is 0.104. The molecule has 1 aromatic heterocycles. The van der Waals surface area contributed by atoms with E-state index in [1.54, 1.807) is 66.9 Å². The molecular weight excluding hydrogens is 410 g/mol. The van der Waals surface area contributed by atoms with E-state index in [0.29, 0.717) is 28.6 Å². The molecule has 0 saturated heterocycles. The highest BCUT2D eigenvalue weighted by Crippen LogP contribution is 2.20. The maximum Gasteiger partial charge on any atom is 0.254 e. The molecule has 3 rings (SSSR count). The first-order valence-electron chi connectivity index (χ1n) is 8.86. The molecule has 0 spiro atoms. The van der Waals surface area contributed by atoms with Crippen LogP contribution >= 0.6 is 22.9 Å². The summed E-state index contributed by atoms with van der Waals surface area (Å²) in [6.45, 7) is 2.16. The van der Waals surface area contributed by atoms with Crippen LogP contribution in [0.5, 0.6) is 5.75 Å². The number of carbonyl (C=O) groups excluding carboxylic acids is 2. The molecule has 0 atom stereocenters. The van der Waals surface area contributed by atoms with Gasteiger partial charge in [-0.25, -0.2) is 4.98 Å². The van der Waals surface area contributed by atoms with E-state index in [2.05, 4.69) is 10.3 Å². The molecule has 0 aliphatic carbocycles. The molecule has 0 bridgehead atoms. The van der Waals surface area contributed by atoms with Crippen LogP contribution in [0.1, 0.15) is 21.1 Å². The molecule has 1 N–H and O–H groups in total. The van der Waals surface area contributed by atoms with Crippen LogP contribution in [0.15, 0.2) is 53.9 Å². The van der Waals surface area contributed by atoms with Crippen molar-refractivity contribution < 1.29 is 14.3 Å². The fourth-order valence-corrected chi connectivity index (χ4v) is 3.39. The molecule has 0 saturated carbocycles. The predicted molar refractivity (Wildman–Crippen MR) is 115 cm³/mol. The number of nitrogens with zero attached hydrogens (tertiary/aromatic N) is 2. The van der Waals surface area contributed by atoms with Crippen molar-refractivity contribution in [2.24, 2.45) is 0 Å². The first kappa shape index (κ1) is 20.8. The number of hydrogen-bond donors (Lipinski definition) is 1. The monoisotopic (exact) mass is 429 g/mol. The van der Waals surface area contributed by atoms with Crippen molar-refractivity contribution in [1.82, 2.24) is 9.88 Å². The second kappa shape index (κ2) is 9.54. The molecule has 6 nitrogen and oxygen atoms in total. The lowest BCUT2D eigenvalue weighted by molar-refractivity contribution is -0.116. The Morgan fingerprint density at radius 1 is 1.21 bits per heavy atom. The number of aromatic nitrogens is 1. The molecular formula is C21H20ClN3O3S. The highest BCUT2D eigenvalue weighted by atomic mass is 35.5. The third-order valence-corrected chi connectivity index (χ3v) is 5.16. The minimum atomic E-state index is -0.333. The van der Waals surface area contributed by atoms with Crippen LogP contribution in [-0.4, -0.2) is 35.3 Å². The van der Waals surface area contributed by atoms with Crippen molar-refractivity contribution in [1.29, 1.82) is 0 Å². The largest absolute Gasteiger partial charge is 0.487 e. The third kappa shape index (κ3) is 5.79. The molecule has 150 valence electrons. The lowest BCUT2D eigenvalue weighted by atomic mass is 10.2. The van der Waals surface area contributed by atoms with Crippen LogP contribution in [0.25, 0.3) is 0 Å². The summed E-state index contributed by atoms with van der Waals surface area (Å²) in [5, 5.41) is 6.06. The number of likely N-dealkylation sites (N-methyl/N-ethyl adjacent to an activating group) is 1. The number of thiazole rings is 1. The van der Waals surface area contributed by atoms with E-state index in [0.717, 1.165) is 10.7 Å². The SMILES string of the molecule is Cc1nc(COc2cccc(C(=O)N(C)CC(=O)Nc3ccccc3Cl)c2)cs1. The van der Waals surface area contributed by atoms with Crippen molar-refractivity contribution >= 4 is 40.4 Å². The standard InChI is InChI=1S/C21H20ClN3O3S/c1-14-23-16(13-29-14)12-28-17-7-5-6-15(10-17)21(27)25(2)11-20(26)24-19-9-4-3-8-18(19)22/h3-10,13H,11-12H2,1-2H3,(H,24,26). The molecule has 2 amide bonds. The van der Waals surface area contributed by atoms with Crippen molar-refractivity contribution in [3.8, 4) is 5.75 Å². The highest BCUT2D eigenvalue weighted by molar-refractivity contribution is 7.09. The summed E-state index contributed by atoms with van der Waals surface area (Å²) >= 11 is 7.60. The summed E-state index contributed by atoms with van der Waals surface area (Å²) in [7, 11) is 1.57. The van der Waals surface area contributed by atoms with Crippen molar-refractivity contribution in [3.05, 3.63) is 75.2 Å². The number of halogens is 1. The maximum absolute atomic E-state index is 12.7. The zero-order chi connectivity index (χ0) is 20.8. The van der Waals surface area contributed by atoms with Crippen LogP contribution in [0.2, 0.25) is 5.02 Å². The van der Waals surface area contributed by atoms with Gasteiger partial charge in [0.25, 0.3) is 5.91 Å². The third-order valence-electron chi connectivity index (χ3n) is 4.01. The van der Waals surface area contributed by atoms with E-state index in [9.17, 15) is 9.59 Å². The van der Waals surface area contributed by atoms with Crippen LogP contribution in [0, 0.1) is 6.92 Å². The number of amides is 2. The predicted octanol–water partition coefficient (Wildman–Crippen LogP) is 4.39.